The molecule has 0 saturated heterocycles. The van der Waals surface area contributed by atoms with Gasteiger partial charge in [0.2, 0.25) is 0 Å². The highest BCUT2D eigenvalue weighted by Gasteiger charge is 2.20. The van der Waals surface area contributed by atoms with Gasteiger partial charge >= 0.3 is 0 Å². The van der Waals surface area contributed by atoms with Crippen molar-refractivity contribution < 1.29 is 0 Å². The number of aromatic nitrogens is 5. The monoisotopic (exact) mass is 887 g/mol. The van der Waals surface area contributed by atoms with Gasteiger partial charge in [-0.3, -0.25) is 9.97 Å². The number of benzene rings is 7. The third-order valence-electron chi connectivity index (χ3n) is 12.3. The van der Waals surface area contributed by atoms with Crippen LogP contribution in [0, 0.1) is 13.8 Å². The zero-order valence-electron chi connectivity index (χ0n) is 38.2. The Kier molecular flexibility index (Phi) is 11.7. The zero-order chi connectivity index (χ0) is 46.5. The molecule has 0 aliphatic carbocycles. The fourth-order valence-electron chi connectivity index (χ4n) is 8.92. The zero-order valence-corrected chi connectivity index (χ0v) is 38.2. The number of aryl methyl sites for hydroxylation is 2. The predicted octanol–water partition coefficient (Wildman–Crippen LogP) is 14.6. The summed E-state index contributed by atoms with van der Waals surface area (Å²) < 4.78 is 0. The molecule has 0 amide bonds. The molecule has 0 radical (unpaired) electrons. The molecule has 3 aromatic heterocycles. The molecule has 0 fully saturated rings. The summed E-state index contributed by atoms with van der Waals surface area (Å²) in [5, 5.41) is 0. The van der Waals surface area contributed by atoms with Crippen LogP contribution in [0.3, 0.4) is 0 Å². The second kappa shape index (κ2) is 19.0. The van der Waals surface area contributed by atoms with Crippen LogP contribution in [0.25, 0.3) is 84.4 Å². The van der Waals surface area contributed by atoms with Crippen molar-refractivity contribution >= 4 is 17.2 Å². The minimum atomic E-state index is 0.599. The fraction of sp³-hybridized carbons (Fsp3) is 0.0484. The molecule has 10 aromatic rings. The molecule has 0 atom stereocenters. The van der Waals surface area contributed by atoms with Gasteiger partial charge in [-0.25, -0.2) is 24.9 Å². The largest absolute Gasteiger partial charge is 0.265 e. The quantitative estimate of drug-likeness (QED) is 0.136. The highest BCUT2D eigenvalue weighted by Crippen LogP contribution is 2.41. The molecule has 1 aliphatic rings. The molecule has 4 heterocycles. The summed E-state index contributed by atoms with van der Waals surface area (Å²) in [6, 6.07) is 71.2. The minimum Gasteiger partial charge on any atom is -0.265 e. The maximum atomic E-state index is 5.27. The predicted molar refractivity (Wildman–Crippen MR) is 281 cm³/mol. The van der Waals surface area contributed by atoms with E-state index in [1.54, 1.807) is 0 Å². The molecule has 7 nitrogen and oxygen atoms in total. The lowest BCUT2D eigenvalue weighted by molar-refractivity contribution is 1.07. The second-order valence-electron chi connectivity index (χ2n) is 17.0. The maximum absolute atomic E-state index is 5.27. The van der Waals surface area contributed by atoms with Gasteiger partial charge in [0.15, 0.2) is 23.3 Å². The van der Waals surface area contributed by atoms with Crippen LogP contribution in [0.5, 0.6) is 0 Å². The number of hydrogen-bond donors (Lipinski definition) is 0. The van der Waals surface area contributed by atoms with Crippen molar-refractivity contribution in [1.82, 2.24) is 24.9 Å². The molecular weight excluding hydrogens is 843 g/mol. The lowest BCUT2D eigenvalue weighted by Crippen LogP contribution is -2.05. The molecule has 0 saturated carbocycles. The van der Waals surface area contributed by atoms with Crippen molar-refractivity contribution in [3.05, 3.63) is 253 Å². The van der Waals surface area contributed by atoms with Crippen molar-refractivity contribution in [3.8, 4) is 78.7 Å². The Morgan fingerprint density at radius 3 is 1.51 bits per heavy atom. The third kappa shape index (κ3) is 9.22. The van der Waals surface area contributed by atoms with Gasteiger partial charge in [-0.2, -0.15) is 0 Å². The van der Waals surface area contributed by atoms with Gasteiger partial charge in [-0.1, -0.05) is 176 Å². The van der Waals surface area contributed by atoms with E-state index in [1.807, 2.05) is 117 Å². The summed E-state index contributed by atoms with van der Waals surface area (Å²) in [7, 11) is 0. The number of amidine groups is 1. The minimum absolute atomic E-state index is 0.599. The Balaban J connectivity index is 1.02. The van der Waals surface area contributed by atoms with Gasteiger partial charge in [0.05, 0.1) is 11.4 Å². The summed E-state index contributed by atoms with van der Waals surface area (Å²) in [6.07, 6.45) is 6.46. The van der Waals surface area contributed by atoms with Crippen molar-refractivity contribution in [2.24, 2.45) is 9.98 Å². The Labute approximate surface area is 402 Å². The van der Waals surface area contributed by atoms with E-state index in [9.17, 15) is 0 Å². The van der Waals surface area contributed by atoms with Crippen LogP contribution >= 0.6 is 0 Å². The van der Waals surface area contributed by atoms with E-state index in [1.165, 1.54) is 0 Å². The molecule has 7 aromatic carbocycles. The van der Waals surface area contributed by atoms with Crippen LogP contribution in [-0.4, -0.2) is 36.5 Å². The van der Waals surface area contributed by atoms with Gasteiger partial charge in [0.1, 0.15) is 0 Å². The van der Waals surface area contributed by atoms with Crippen LogP contribution < -0.4 is 0 Å². The summed E-state index contributed by atoms with van der Waals surface area (Å²) in [5.74, 6) is 2.50. The molecule has 0 spiro atoms. The molecule has 0 N–H and O–H groups in total. The first-order valence-corrected chi connectivity index (χ1v) is 23.1. The smallest absolute Gasteiger partial charge is 0.164 e. The van der Waals surface area contributed by atoms with E-state index in [4.69, 9.17) is 24.9 Å². The molecule has 11 rings (SSSR count). The van der Waals surface area contributed by atoms with E-state index in [-0.39, 0.29) is 0 Å². The van der Waals surface area contributed by atoms with Crippen LogP contribution in [0.2, 0.25) is 0 Å². The molecular formula is C62H45N7. The number of allylic oxidation sites excluding steroid dienone is 1. The lowest BCUT2D eigenvalue weighted by atomic mass is 9.88. The average Bonchev–Trinajstić information content (AvgIpc) is 3.65. The lowest BCUT2D eigenvalue weighted by Gasteiger charge is -2.17. The highest BCUT2D eigenvalue weighted by atomic mass is 15.0. The van der Waals surface area contributed by atoms with Gasteiger partial charge in [0.25, 0.3) is 0 Å². The van der Waals surface area contributed by atoms with E-state index in [2.05, 4.69) is 131 Å². The van der Waals surface area contributed by atoms with Crippen molar-refractivity contribution in [2.45, 2.75) is 20.3 Å². The Hall–Kier alpha value is -9.07. The first-order valence-electron chi connectivity index (χ1n) is 23.1. The molecule has 1 aliphatic heterocycles. The number of nitrogens with zero attached hydrogens (tertiary/aromatic N) is 7. The molecule has 69 heavy (non-hydrogen) atoms. The van der Waals surface area contributed by atoms with Crippen molar-refractivity contribution in [2.75, 3.05) is 0 Å². The second-order valence-corrected chi connectivity index (χ2v) is 17.0. The maximum Gasteiger partial charge on any atom is 0.164 e. The number of aliphatic imine (C=N–C) groups is 2. The Morgan fingerprint density at radius 1 is 0.319 bits per heavy atom. The van der Waals surface area contributed by atoms with Crippen LogP contribution in [0.4, 0.5) is 0 Å². The standard InChI is InChI=1S/C62H45N7/c1-41-37-52(38-42(2)64-41)50-29-30-54(53-23-12-13-24-55(53)62-68-60(47-17-8-4-9-18-47)67-61(69-62)48-19-10-5-11-20-48)56(40-50)44-25-27-45(28-26-44)57-31-32-58(66-59(65-57)46-15-6-3-7-16-46)51-22-14-21-49(39-51)43-33-35-63-36-34-43/h3-31,33-40H,32H2,1-2H3. The number of pyridine rings is 2. The first-order chi connectivity index (χ1) is 34.0. The van der Waals surface area contributed by atoms with Gasteiger partial charge in [-0.05, 0) is 106 Å². The topological polar surface area (TPSA) is 89.2 Å². The highest BCUT2D eigenvalue weighted by molar-refractivity contribution is 6.15. The van der Waals surface area contributed by atoms with Crippen molar-refractivity contribution in [3.63, 3.8) is 0 Å². The number of hydrogen-bond acceptors (Lipinski definition) is 7. The molecule has 7 heteroatoms. The van der Waals surface area contributed by atoms with Crippen LogP contribution in [0.15, 0.2) is 235 Å². The fourth-order valence-corrected chi connectivity index (χ4v) is 8.92. The Morgan fingerprint density at radius 2 is 0.841 bits per heavy atom. The van der Waals surface area contributed by atoms with Gasteiger partial charge in [-0.15, -0.1) is 0 Å². The molecule has 0 bridgehead atoms. The summed E-state index contributed by atoms with van der Waals surface area (Å²) in [5.41, 5.74) is 18.2. The van der Waals surface area contributed by atoms with Crippen molar-refractivity contribution in [1.29, 1.82) is 0 Å². The van der Waals surface area contributed by atoms with Crippen LogP contribution in [-0.2, 0) is 0 Å². The van der Waals surface area contributed by atoms with E-state index in [0.717, 1.165) is 101 Å². The van der Waals surface area contributed by atoms with Gasteiger partial charge < -0.3 is 0 Å². The third-order valence-corrected chi connectivity index (χ3v) is 12.3. The normalized spacial score (nSPS) is 12.4. The van der Waals surface area contributed by atoms with E-state index >= 15 is 0 Å². The Bertz CT molecular complexity index is 3490. The SMILES string of the molecule is Cc1cc(-c2ccc(-c3ccccc3-c3nc(-c4ccccc4)nc(-c4ccccc4)n3)c(-c3ccc(C4=CCC(c5cccc(-c6ccncc6)c5)=NC(c5ccccc5)=N4)cc3)c2)cc(C)n1. The molecule has 0 unspecified atom stereocenters. The van der Waals surface area contributed by atoms with E-state index in [0.29, 0.717) is 29.7 Å². The van der Waals surface area contributed by atoms with Gasteiger partial charge in [0, 0.05) is 52.5 Å². The average molecular weight is 888 g/mol. The summed E-state index contributed by atoms with van der Waals surface area (Å²) in [4.78, 5) is 34.7. The molecule has 328 valence electrons. The summed E-state index contributed by atoms with van der Waals surface area (Å²) >= 11 is 0. The summed E-state index contributed by atoms with van der Waals surface area (Å²) in [6.45, 7) is 4.09. The number of rotatable bonds is 10. The first kappa shape index (κ1) is 42.6. The van der Waals surface area contributed by atoms with Crippen LogP contribution in [0.1, 0.15) is 34.5 Å². The van der Waals surface area contributed by atoms with E-state index < -0.39 is 0 Å².